The summed E-state index contributed by atoms with van der Waals surface area (Å²) < 4.78 is 7.15. The van der Waals surface area contributed by atoms with Gasteiger partial charge < -0.3 is 9.84 Å². The van der Waals surface area contributed by atoms with Crippen LogP contribution in [0.4, 0.5) is 5.69 Å². The lowest BCUT2D eigenvalue weighted by molar-refractivity contribution is -0.385. The summed E-state index contributed by atoms with van der Waals surface area (Å²) in [5.41, 5.74) is 0.898. The van der Waals surface area contributed by atoms with E-state index in [1.807, 2.05) is 47.8 Å². The third-order valence-electron chi connectivity index (χ3n) is 5.68. The Morgan fingerprint density at radius 1 is 1.22 bits per heavy atom. The van der Waals surface area contributed by atoms with Gasteiger partial charge in [-0.15, -0.1) is 11.3 Å². The minimum Gasteiger partial charge on any atom is -0.502 e. The van der Waals surface area contributed by atoms with Crippen molar-refractivity contribution in [2.24, 2.45) is 4.99 Å². The molecule has 3 heterocycles. The first-order chi connectivity index (χ1) is 17.9. The zero-order valence-corrected chi connectivity index (χ0v) is 21.0. The number of esters is 1. The van der Waals surface area contributed by atoms with Crippen LogP contribution in [-0.2, 0) is 9.53 Å². The number of nitrogens with zero attached hydrogens (tertiary/aromatic N) is 3. The molecule has 186 valence electrons. The number of hydrogen-bond acceptors (Lipinski definition) is 9. The molecule has 1 unspecified atom stereocenters. The van der Waals surface area contributed by atoms with Crippen LogP contribution in [0.3, 0.4) is 0 Å². The number of nitro benzene ring substituents is 1. The summed E-state index contributed by atoms with van der Waals surface area (Å²) in [7, 11) is 0. The molecule has 0 fully saturated rings. The smallest absolute Gasteiger partial charge is 0.338 e. The van der Waals surface area contributed by atoms with Crippen LogP contribution in [0.2, 0.25) is 0 Å². The highest BCUT2D eigenvalue weighted by Crippen LogP contribution is 2.36. The molecule has 0 saturated heterocycles. The molecule has 1 atom stereocenters. The number of ether oxygens (including phenoxy) is 1. The van der Waals surface area contributed by atoms with Gasteiger partial charge in [-0.25, -0.2) is 9.79 Å². The van der Waals surface area contributed by atoms with Crippen LogP contribution in [0.25, 0.3) is 11.8 Å². The van der Waals surface area contributed by atoms with Crippen molar-refractivity contribution < 1.29 is 19.6 Å². The third kappa shape index (κ3) is 4.50. The molecule has 0 amide bonds. The van der Waals surface area contributed by atoms with Crippen molar-refractivity contribution in [2.45, 2.75) is 13.0 Å². The Kier molecular flexibility index (Phi) is 6.55. The molecular weight excluding hydrogens is 514 g/mol. The Bertz CT molecular complexity index is 1720. The Labute approximate surface area is 217 Å². The Morgan fingerprint density at radius 2 is 2.00 bits per heavy atom. The summed E-state index contributed by atoms with van der Waals surface area (Å²) in [5.74, 6) is -1.03. The van der Waals surface area contributed by atoms with Crippen LogP contribution in [0.1, 0.15) is 29.0 Å². The van der Waals surface area contributed by atoms with E-state index in [0.717, 1.165) is 16.2 Å². The second kappa shape index (κ2) is 9.96. The Balaban J connectivity index is 1.79. The molecule has 9 nitrogen and oxygen atoms in total. The van der Waals surface area contributed by atoms with Crippen LogP contribution in [-0.4, -0.2) is 27.2 Å². The molecule has 2 aromatic heterocycles. The van der Waals surface area contributed by atoms with E-state index in [-0.39, 0.29) is 16.7 Å². The molecule has 1 aliphatic rings. The quantitative estimate of drug-likeness (QED) is 0.229. The molecule has 0 aliphatic carbocycles. The molecule has 11 heteroatoms. The molecule has 2 aromatic carbocycles. The maximum Gasteiger partial charge on any atom is 0.338 e. The fourth-order valence-electron chi connectivity index (χ4n) is 4.08. The Morgan fingerprint density at radius 3 is 2.68 bits per heavy atom. The number of carbonyl (C=O) groups is 1. The van der Waals surface area contributed by atoms with Crippen molar-refractivity contribution in [1.29, 1.82) is 0 Å². The molecule has 4 aromatic rings. The van der Waals surface area contributed by atoms with Gasteiger partial charge in [0.05, 0.1) is 27.3 Å². The van der Waals surface area contributed by atoms with E-state index in [9.17, 15) is 24.8 Å². The first kappa shape index (κ1) is 24.3. The lowest BCUT2D eigenvalue weighted by Gasteiger charge is -2.24. The van der Waals surface area contributed by atoms with Gasteiger partial charge in [-0.2, -0.15) is 0 Å². The van der Waals surface area contributed by atoms with Gasteiger partial charge in [-0.1, -0.05) is 53.8 Å². The van der Waals surface area contributed by atoms with Crippen molar-refractivity contribution in [1.82, 2.24) is 4.57 Å². The fourth-order valence-corrected chi connectivity index (χ4v) is 5.91. The predicted molar refractivity (Wildman–Crippen MR) is 140 cm³/mol. The number of fused-ring (bicyclic) bond motifs is 1. The Hall–Kier alpha value is -4.35. The van der Waals surface area contributed by atoms with Crippen molar-refractivity contribution in [3.05, 3.63) is 117 Å². The van der Waals surface area contributed by atoms with Gasteiger partial charge in [0.2, 0.25) is 0 Å². The average molecular weight is 534 g/mol. The fraction of sp³-hybridized carbons (Fsp3) is 0.115. The monoisotopic (exact) mass is 533 g/mol. The molecule has 0 radical (unpaired) electrons. The molecule has 5 rings (SSSR count). The van der Waals surface area contributed by atoms with Crippen LogP contribution >= 0.6 is 22.7 Å². The van der Waals surface area contributed by atoms with Crippen LogP contribution < -0.4 is 14.9 Å². The van der Waals surface area contributed by atoms with E-state index in [4.69, 9.17) is 9.73 Å². The first-order valence-corrected chi connectivity index (χ1v) is 12.9. The number of phenolic OH excluding ortho intramolecular Hbond substituents is 1. The number of benzene rings is 2. The van der Waals surface area contributed by atoms with Crippen molar-refractivity contribution in [3.63, 3.8) is 0 Å². The predicted octanol–water partition coefficient (Wildman–Crippen LogP) is 3.61. The summed E-state index contributed by atoms with van der Waals surface area (Å²) in [6, 6.07) is 16.0. The van der Waals surface area contributed by atoms with Gasteiger partial charge in [0.1, 0.15) is 6.04 Å². The molecular formula is C26H19N3O6S2. The van der Waals surface area contributed by atoms with Crippen molar-refractivity contribution in [3.8, 4) is 5.75 Å². The lowest BCUT2D eigenvalue weighted by atomic mass is 9.97. The standard InChI is InChI=1S/C26H19N3O6S2/c1-2-35-25(32)21-22(16-7-4-3-5-8-16)27-26-28(23(21)19-9-6-12-36-19)24(31)20(37-26)14-15-10-11-18(30)17(13-15)29(33)34/h3-14,23,30H,2H2,1H3/b20-14-. The maximum atomic E-state index is 13.7. The van der Waals surface area contributed by atoms with E-state index in [0.29, 0.717) is 21.6 Å². The van der Waals surface area contributed by atoms with Crippen LogP contribution in [0.15, 0.2) is 81.4 Å². The van der Waals surface area contributed by atoms with Gasteiger partial charge >= 0.3 is 11.7 Å². The zero-order chi connectivity index (χ0) is 26.1. The van der Waals surface area contributed by atoms with Gasteiger partial charge in [0.25, 0.3) is 5.56 Å². The summed E-state index contributed by atoms with van der Waals surface area (Å²) in [6.07, 6.45) is 1.51. The maximum absolute atomic E-state index is 13.7. The largest absolute Gasteiger partial charge is 0.502 e. The normalized spacial score (nSPS) is 15.3. The molecule has 0 bridgehead atoms. The summed E-state index contributed by atoms with van der Waals surface area (Å²) in [5, 5.41) is 22.9. The van der Waals surface area contributed by atoms with E-state index in [2.05, 4.69) is 0 Å². The highest BCUT2D eigenvalue weighted by atomic mass is 32.1. The number of phenols is 1. The third-order valence-corrected chi connectivity index (χ3v) is 7.59. The number of thiophene rings is 1. The molecule has 37 heavy (non-hydrogen) atoms. The van der Waals surface area contributed by atoms with Crippen LogP contribution in [0.5, 0.6) is 5.75 Å². The van der Waals surface area contributed by atoms with Crippen molar-refractivity contribution in [2.75, 3.05) is 6.61 Å². The van der Waals surface area contributed by atoms with E-state index >= 15 is 0 Å². The second-order valence-corrected chi connectivity index (χ2v) is 9.94. The number of carbonyl (C=O) groups excluding carboxylic acids is 1. The molecule has 1 N–H and O–H groups in total. The first-order valence-electron chi connectivity index (χ1n) is 11.2. The zero-order valence-electron chi connectivity index (χ0n) is 19.4. The van der Waals surface area contributed by atoms with E-state index in [1.165, 1.54) is 40.2 Å². The number of hydrogen-bond donors (Lipinski definition) is 1. The summed E-state index contributed by atoms with van der Waals surface area (Å²) in [6.45, 7) is 1.87. The van der Waals surface area contributed by atoms with Crippen molar-refractivity contribution >= 4 is 46.1 Å². The SMILES string of the molecule is CCOC(=O)C1=C(c2ccccc2)N=c2s/c(=C\c3ccc(O)c([N+](=O)[O-])c3)c(=O)n2C1c1cccs1. The minimum absolute atomic E-state index is 0.158. The van der Waals surface area contributed by atoms with E-state index in [1.54, 1.807) is 6.92 Å². The molecule has 1 aliphatic heterocycles. The second-order valence-electron chi connectivity index (χ2n) is 7.95. The topological polar surface area (TPSA) is 124 Å². The highest BCUT2D eigenvalue weighted by Gasteiger charge is 2.35. The minimum atomic E-state index is -0.762. The molecule has 0 saturated carbocycles. The van der Waals surface area contributed by atoms with E-state index < -0.39 is 33.9 Å². The number of thiazole rings is 1. The summed E-state index contributed by atoms with van der Waals surface area (Å²) in [4.78, 5) is 43.5. The van der Waals surface area contributed by atoms with Gasteiger partial charge in [-0.05, 0) is 36.1 Å². The molecule has 0 spiro atoms. The van der Waals surface area contributed by atoms with Gasteiger partial charge in [0.15, 0.2) is 10.6 Å². The summed E-state index contributed by atoms with van der Waals surface area (Å²) >= 11 is 2.52. The number of rotatable bonds is 6. The highest BCUT2D eigenvalue weighted by molar-refractivity contribution is 7.10. The van der Waals surface area contributed by atoms with Gasteiger partial charge in [-0.3, -0.25) is 19.5 Å². The average Bonchev–Trinajstić information content (AvgIpc) is 3.53. The van der Waals surface area contributed by atoms with Gasteiger partial charge in [0, 0.05) is 16.5 Å². The number of nitro groups is 1. The lowest BCUT2D eigenvalue weighted by Crippen LogP contribution is -2.39. The van der Waals surface area contributed by atoms with Crippen LogP contribution in [0, 0.1) is 10.1 Å². The number of aromatic hydroxyl groups is 1. The number of aromatic nitrogens is 1.